The first kappa shape index (κ1) is 13.1. The number of hydrogen-bond donors (Lipinski definition) is 1. The molecule has 1 aromatic carbocycles. The van der Waals surface area contributed by atoms with E-state index in [1.807, 2.05) is 0 Å². The third kappa shape index (κ3) is 2.28. The van der Waals surface area contributed by atoms with Crippen LogP contribution in [0, 0.1) is 0 Å². The Labute approximate surface area is 118 Å². The molecule has 0 bridgehead atoms. The van der Waals surface area contributed by atoms with Gasteiger partial charge in [0.15, 0.2) is 0 Å². The number of carbonyl (C=O) groups excluding carboxylic acids is 2. The predicted molar refractivity (Wildman–Crippen MR) is 75.4 cm³/mol. The Bertz CT molecular complexity index is 602. The molecule has 1 fully saturated rings. The van der Waals surface area contributed by atoms with E-state index in [4.69, 9.17) is 0 Å². The van der Waals surface area contributed by atoms with E-state index in [9.17, 15) is 9.59 Å². The van der Waals surface area contributed by atoms with Gasteiger partial charge in [-0.1, -0.05) is 25.1 Å². The summed E-state index contributed by atoms with van der Waals surface area (Å²) in [5.74, 6) is 1.72. The molecule has 2 heterocycles. The van der Waals surface area contributed by atoms with E-state index in [1.165, 1.54) is 16.7 Å². The zero-order valence-electron chi connectivity index (χ0n) is 11.6. The van der Waals surface area contributed by atoms with Crippen molar-refractivity contribution in [1.29, 1.82) is 0 Å². The number of nitrogens with one attached hydrogen (secondary N) is 1. The largest absolute Gasteiger partial charge is 0.319 e. The molecule has 1 unspecified atom stereocenters. The predicted octanol–water partition coefficient (Wildman–Crippen LogP) is 1.56. The highest BCUT2D eigenvalue weighted by molar-refractivity contribution is 5.86. The van der Waals surface area contributed by atoms with Crippen LogP contribution in [0.15, 0.2) is 23.9 Å². The Morgan fingerprint density at radius 1 is 1.35 bits per heavy atom. The van der Waals surface area contributed by atoms with E-state index in [0.29, 0.717) is 18.5 Å². The molecule has 1 amide bonds. The fraction of sp³-hybridized carbons (Fsp3) is 0.438. The Kier molecular flexibility index (Phi) is 3.43. The molecule has 1 atom stereocenters. The average molecular weight is 270 g/mol. The molecule has 0 spiro atoms. The fourth-order valence-corrected chi connectivity index (χ4v) is 3.05. The SMILES string of the molecule is CCc1ccc2c(c1)CN(C1CCC(=C=O)NC1=O)C2. The van der Waals surface area contributed by atoms with Crippen LogP contribution in [0.25, 0.3) is 0 Å². The first-order chi connectivity index (χ1) is 9.71. The van der Waals surface area contributed by atoms with Crippen molar-refractivity contribution in [2.75, 3.05) is 0 Å². The normalized spacial score (nSPS) is 22.4. The van der Waals surface area contributed by atoms with Gasteiger partial charge in [0.05, 0.1) is 6.04 Å². The molecule has 0 radical (unpaired) electrons. The molecule has 3 rings (SSSR count). The maximum absolute atomic E-state index is 12.1. The molecule has 2 aliphatic rings. The van der Waals surface area contributed by atoms with Gasteiger partial charge in [-0.2, -0.15) is 0 Å². The molecule has 1 N–H and O–H groups in total. The molecule has 1 aromatic rings. The van der Waals surface area contributed by atoms with Crippen molar-refractivity contribution in [1.82, 2.24) is 10.2 Å². The van der Waals surface area contributed by atoms with Crippen LogP contribution < -0.4 is 5.32 Å². The standard InChI is InChI=1S/C16H18N2O2/c1-2-11-3-4-12-8-18(9-13(12)7-11)15-6-5-14(10-19)17-16(15)20/h3-4,7,15H,2,5-6,8-9H2,1H3,(H,17,20). The fourth-order valence-electron chi connectivity index (χ4n) is 3.05. The van der Waals surface area contributed by atoms with Gasteiger partial charge in [0.2, 0.25) is 5.91 Å². The summed E-state index contributed by atoms with van der Waals surface area (Å²) in [7, 11) is 0. The van der Waals surface area contributed by atoms with Crippen LogP contribution in [-0.4, -0.2) is 22.8 Å². The van der Waals surface area contributed by atoms with Gasteiger partial charge in [-0.25, -0.2) is 4.79 Å². The van der Waals surface area contributed by atoms with Gasteiger partial charge in [0, 0.05) is 19.5 Å². The maximum Gasteiger partial charge on any atom is 0.242 e. The number of allylic oxidation sites excluding steroid dienone is 1. The highest BCUT2D eigenvalue weighted by atomic mass is 16.2. The molecule has 1 saturated heterocycles. The van der Waals surface area contributed by atoms with Gasteiger partial charge >= 0.3 is 0 Å². The summed E-state index contributed by atoms with van der Waals surface area (Å²) < 4.78 is 0. The summed E-state index contributed by atoms with van der Waals surface area (Å²) in [4.78, 5) is 24.9. The van der Waals surface area contributed by atoms with Crippen LogP contribution in [0.1, 0.15) is 36.5 Å². The van der Waals surface area contributed by atoms with Crippen molar-refractivity contribution in [3.8, 4) is 0 Å². The third-order valence-corrected chi connectivity index (χ3v) is 4.23. The summed E-state index contributed by atoms with van der Waals surface area (Å²) in [5.41, 5.74) is 4.36. The summed E-state index contributed by atoms with van der Waals surface area (Å²) >= 11 is 0. The molecule has 2 aliphatic heterocycles. The smallest absolute Gasteiger partial charge is 0.242 e. The van der Waals surface area contributed by atoms with E-state index in [-0.39, 0.29) is 11.9 Å². The van der Waals surface area contributed by atoms with Crippen molar-refractivity contribution in [3.05, 3.63) is 40.6 Å². The zero-order chi connectivity index (χ0) is 14.1. The second-order valence-electron chi connectivity index (χ2n) is 5.49. The molecule has 104 valence electrons. The Morgan fingerprint density at radius 2 is 2.15 bits per heavy atom. The average Bonchev–Trinajstić information content (AvgIpc) is 2.89. The number of rotatable bonds is 2. The van der Waals surface area contributed by atoms with Gasteiger partial charge < -0.3 is 5.32 Å². The lowest BCUT2D eigenvalue weighted by Crippen LogP contribution is -2.47. The van der Waals surface area contributed by atoms with Crippen LogP contribution in [0.5, 0.6) is 0 Å². The minimum atomic E-state index is -0.135. The maximum atomic E-state index is 12.1. The first-order valence-corrected chi connectivity index (χ1v) is 7.11. The van der Waals surface area contributed by atoms with E-state index >= 15 is 0 Å². The van der Waals surface area contributed by atoms with Crippen molar-refractivity contribution in [3.63, 3.8) is 0 Å². The highest BCUT2D eigenvalue weighted by Crippen LogP contribution is 2.28. The van der Waals surface area contributed by atoms with Crippen molar-refractivity contribution in [2.24, 2.45) is 0 Å². The first-order valence-electron chi connectivity index (χ1n) is 7.11. The van der Waals surface area contributed by atoms with Crippen LogP contribution in [0.4, 0.5) is 0 Å². The minimum absolute atomic E-state index is 0.0712. The van der Waals surface area contributed by atoms with Gasteiger partial charge in [0.25, 0.3) is 0 Å². The molecule has 0 aromatic heterocycles. The van der Waals surface area contributed by atoms with Crippen molar-refractivity contribution in [2.45, 2.75) is 45.3 Å². The minimum Gasteiger partial charge on any atom is -0.319 e. The number of carbonyl (C=O) groups is 1. The van der Waals surface area contributed by atoms with E-state index in [0.717, 1.165) is 19.5 Å². The van der Waals surface area contributed by atoms with E-state index in [1.54, 1.807) is 5.94 Å². The number of aryl methyl sites for hydroxylation is 1. The number of nitrogens with zero attached hydrogens (tertiary/aromatic N) is 1. The Morgan fingerprint density at radius 3 is 2.85 bits per heavy atom. The molecule has 0 saturated carbocycles. The number of hydrogen-bond acceptors (Lipinski definition) is 3. The molecule has 4 heteroatoms. The number of benzene rings is 1. The summed E-state index contributed by atoms with van der Waals surface area (Å²) in [6.45, 7) is 3.79. The van der Waals surface area contributed by atoms with E-state index < -0.39 is 0 Å². The molecule has 0 aliphatic carbocycles. The van der Waals surface area contributed by atoms with Crippen molar-refractivity contribution < 1.29 is 9.59 Å². The zero-order valence-corrected chi connectivity index (χ0v) is 11.6. The van der Waals surface area contributed by atoms with Crippen LogP contribution in [0.3, 0.4) is 0 Å². The molecular formula is C16H18N2O2. The lowest BCUT2D eigenvalue weighted by Gasteiger charge is -2.30. The van der Waals surface area contributed by atoms with Crippen LogP contribution >= 0.6 is 0 Å². The van der Waals surface area contributed by atoms with Crippen LogP contribution in [-0.2, 0) is 29.1 Å². The molecule has 20 heavy (non-hydrogen) atoms. The second kappa shape index (κ2) is 5.23. The quantitative estimate of drug-likeness (QED) is 0.830. The number of fused-ring (bicyclic) bond motifs is 1. The number of amides is 1. The second-order valence-corrected chi connectivity index (χ2v) is 5.49. The van der Waals surface area contributed by atoms with Crippen molar-refractivity contribution >= 4 is 11.8 Å². The van der Waals surface area contributed by atoms with Gasteiger partial charge in [-0.05, 0) is 29.5 Å². The summed E-state index contributed by atoms with van der Waals surface area (Å²) in [5, 5.41) is 2.65. The molecular weight excluding hydrogens is 252 g/mol. The lowest BCUT2D eigenvalue weighted by atomic mass is 10.0. The van der Waals surface area contributed by atoms with Gasteiger partial charge in [-0.3, -0.25) is 9.69 Å². The van der Waals surface area contributed by atoms with Gasteiger partial charge in [0.1, 0.15) is 11.6 Å². The topological polar surface area (TPSA) is 49.4 Å². The van der Waals surface area contributed by atoms with Crippen LogP contribution in [0.2, 0.25) is 0 Å². The number of piperidine rings is 1. The Balaban J connectivity index is 1.75. The summed E-state index contributed by atoms with van der Waals surface area (Å²) in [6.07, 6.45) is 2.34. The van der Waals surface area contributed by atoms with E-state index in [2.05, 4.69) is 35.3 Å². The Hall–Kier alpha value is -1.90. The third-order valence-electron chi connectivity index (χ3n) is 4.23. The monoisotopic (exact) mass is 270 g/mol. The van der Waals surface area contributed by atoms with Gasteiger partial charge in [-0.15, -0.1) is 0 Å². The lowest BCUT2D eigenvalue weighted by molar-refractivity contribution is -0.127. The molecule has 4 nitrogen and oxygen atoms in total. The summed E-state index contributed by atoms with van der Waals surface area (Å²) in [6, 6.07) is 6.44. The highest BCUT2D eigenvalue weighted by Gasteiger charge is 2.33.